The molecule has 1 aliphatic rings. The molecule has 0 radical (unpaired) electrons. The van der Waals surface area contributed by atoms with Crippen LogP contribution >= 0.6 is 0 Å². The first-order chi connectivity index (χ1) is 30.3. The molecule has 0 saturated heterocycles. The van der Waals surface area contributed by atoms with Gasteiger partial charge in [0.15, 0.2) is 0 Å². The molecule has 1 saturated carbocycles. The van der Waals surface area contributed by atoms with E-state index in [0.717, 1.165) is 39.0 Å². The van der Waals surface area contributed by atoms with Gasteiger partial charge in [-0.05, 0) is 119 Å². The highest BCUT2D eigenvalue weighted by Gasteiger charge is 2.23. The van der Waals surface area contributed by atoms with Crippen molar-refractivity contribution in [2.45, 2.75) is 38.0 Å². The molecule has 292 valence electrons. The van der Waals surface area contributed by atoms with Gasteiger partial charge in [-0.1, -0.05) is 147 Å². The lowest BCUT2D eigenvalue weighted by atomic mass is 9.80. The Morgan fingerprint density at radius 3 is 1.98 bits per heavy atom. The number of para-hydroxylation sites is 4. The Morgan fingerprint density at radius 2 is 1.11 bits per heavy atom. The SMILES string of the molecule is c1ccc(-n2c3ccccc3c3cc(-c4ccc(N(c5ccc6c(c5)oc5ccccc56)c5ccccc5-c5cccc6cccc(C7CCCCC7)c56)cc4)ccc32)cc1. The number of hydrogen-bond acceptors (Lipinski definition) is 2. The molecule has 1 aliphatic carbocycles. The number of aromatic nitrogens is 1. The lowest BCUT2D eigenvalue weighted by molar-refractivity contribution is 0.445. The van der Waals surface area contributed by atoms with Crippen LogP contribution < -0.4 is 4.90 Å². The van der Waals surface area contributed by atoms with Crippen molar-refractivity contribution in [3.8, 4) is 27.9 Å². The van der Waals surface area contributed by atoms with Gasteiger partial charge in [-0.3, -0.25) is 0 Å². The highest BCUT2D eigenvalue weighted by atomic mass is 16.3. The molecule has 12 rings (SSSR count). The minimum atomic E-state index is 0.582. The molecule has 2 aromatic heterocycles. The number of fused-ring (bicyclic) bond motifs is 7. The Hall–Kier alpha value is -7.36. The molecule has 0 spiro atoms. The van der Waals surface area contributed by atoms with E-state index >= 15 is 0 Å². The standard InChI is InChI=1S/C58H44N2O/c1-3-15-40(16-4-1)46-24-13-17-41-18-14-25-51(58(41)46)47-21-7-10-26-53(47)59(45-34-35-50-49-23-9-12-28-56(49)61-57(50)38-45)44-32-29-39(30-33-44)42-31-36-55-52(37-42)48-22-8-11-27-54(48)60(55)43-19-5-2-6-20-43/h2,5-14,17-38,40H,1,3-4,15-16H2. The summed E-state index contributed by atoms with van der Waals surface area (Å²) in [5, 5.41) is 7.45. The number of hydrogen-bond donors (Lipinski definition) is 0. The summed E-state index contributed by atoms with van der Waals surface area (Å²) in [6, 6.07) is 73.2. The number of nitrogens with zero attached hydrogens (tertiary/aromatic N) is 2. The van der Waals surface area contributed by atoms with Crippen LogP contribution in [-0.2, 0) is 0 Å². The molecule has 0 unspecified atom stereocenters. The molecule has 3 heteroatoms. The minimum absolute atomic E-state index is 0.582. The predicted octanol–water partition coefficient (Wildman–Crippen LogP) is 16.7. The molecule has 9 aromatic carbocycles. The molecule has 1 fully saturated rings. The maximum Gasteiger partial charge on any atom is 0.137 e. The summed E-state index contributed by atoms with van der Waals surface area (Å²) in [4.78, 5) is 2.42. The number of benzene rings is 9. The molecular formula is C58H44N2O. The van der Waals surface area contributed by atoms with E-state index in [0.29, 0.717) is 5.92 Å². The molecule has 61 heavy (non-hydrogen) atoms. The average Bonchev–Trinajstić information content (AvgIpc) is 3.87. The summed E-state index contributed by atoms with van der Waals surface area (Å²) >= 11 is 0. The van der Waals surface area contributed by atoms with Gasteiger partial charge < -0.3 is 13.9 Å². The molecule has 0 atom stereocenters. The highest BCUT2D eigenvalue weighted by Crippen LogP contribution is 2.47. The van der Waals surface area contributed by atoms with Crippen molar-refractivity contribution in [1.82, 2.24) is 4.57 Å². The number of rotatable bonds is 7. The van der Waals surface area contributed by atoms with Gasteiger partial charge in [0.2, 0.25) is 0 Å². The van der Waals surface area contributed by atoms with Gasteiger partial charge in [0.1, 0.15) is 11.2 Å². The van der Waals surface area contributed by atoms with Crippen molar-refractivity contribution in [3.63, 3.8) is 0 Å². The lowest BCUT2D eigenvalue weighted by Gasteiger charge is -2.29. The predicted molar refractivity (Wildman–Crippen MR) is 257 cm³/mol. The van der Waals surface area contributed by atoms with Gasteiger partial charge >= 0.3 is 0 Å². The van der Waals surface area contributed by atoms with E-state index in [-0.39, 0.29) is 0 Å². The maximum absolute atomic E-state index is 6.51. The quantitative estimate of drug-likeness (QED) is 0.161. The van der Waals surface area contributed by atoms with Gasteiger partial charge in [0.05, 0.1) is 16.7 Å². The minimum Gasteiger partial charge on any atom is -0.456 e. The largest absolute Gasteiger partial charge is 0.456 e. The van der Waals surface area contributed by atoms with Crippen LogP contribution in [-0.4, -0.2) is 4.57 Å². The Balaban J connectivity index is 1.02. The fraction of sp³-hybridized carbons (Fsp3) is 0.103. The summed E-state index contributed by atoms with van der Waals surface area (Å²) in [5.41, 5.74) is 15.0. The van der Waals surface area contributed by atoms with Crippen molar-refractivity contribution in [3.05, 3.63) is 206 Å². The molecule has 0 amide bonds. The molecule has 0 aliphatic heterocycles. The summed E-state index contributed by atoms with van der Waals surface area (Å²) in [6.45, 7) is 0. The second-order valence-electron chi connectivity index (χ2n) is 16.7. The Labute approximate surface area is 355 Å². The average molecular weight is 785 g/mol. The number of anilines is 3. The van der Waals surface area contributed by atoms with E-state index in [1.807, 2.05) is 6.07 Å². The van der Waals surface area contributed by atoms with Gasteiger partial charge in [-0.15, -0.1) is 0 Å². The van der Waals surface area contributed by atoms with Crippen LogP contribution in [0.3, 0.4) is 0 Å². The molecule has 3 nitrogen and oxygen atoms in total. The van der Waals surface area contributed by atoms with Gasteiger partial charge in [-0.25, -0.2) is 0 Å². The van der Waals surface area contributed by atoms with E-state index in [4.69, 9.17) is 4.42 Å². The third-order valence-electron chi connectivity index (χ3n) is 13.2. The van der Waals surface area contributed by atoms with Crippen molar-refractivity contribution < 1.29 is 4.42 Å². The fourth-order valence-corrected chi connectivity index (χ4v) is 10.3. The zero-order chi connectivity index (χ0) is 40.3. The van der Waals surface area contributed by atoms with Crippen LogP contribution in [0.25, 0.3) is 82.5 Å². The molecule has 2 heterocycles. The smallest absolute Gasteiger partial charge is 0.137 e. The molecule has 0 N–H and O–H groups in total. The van der Waals surface area contributed by atoms with E-state index in [2.05, 4.69) is 204 Å². The van der Waals surface area contributed by atoms with Crippen LogP contribution in [0.15, 0.2) is 205 Å². The second-order valence-corrected chi connectivity index (χ2v) is 16.7. The van der Waals surface area contributed by atoms with Crippen molar-refractivity contribution in [2.24, 2.45) is 0 Å². The van der Waals surface area contributed by atoms with Crippen LogP contribution in [0, 0.1) is 0 Å². The van der Waals surface area contributed by atoms with Crippen molar-refractivity contribution in [2.75, 3.05) is 4.90 Å². The van der Waals surface area contributed by atoms with Crippen molar-refractivity contribution >= 4 is 71.6 Å². The van der Waals surface area contributed by atoms with Crippen molar-refractivity contribution in [1.29, 1.82) is 0 Å². The van der Waals surface area contributed by atoms with E-state index in [1.165, 1.54) is 98.2 Å². The zero-order valence-electron chi connectivity index (χ0n) is 34.0. The monoisotopic (exact) mass is 784 g/mol. The van der Waals surface area contributed by atoms with Gasteiger partial charge in [0, 0.05) is 50.2 Å². The van der Waals surface area contributed by atoms with Crippen LogP contribution in [0.4, 0.5) is 17.1 Å². The van der Waals surface area contributed by atoms with Crippen LogP contribution in [0.5, 0.6) is 0 Å². The molecular weight excluding hydrogens is 741 g/mol. The third kappa shape index (κ3) is 6.03. The van der Waals surface area contributed by atoms with Gasteiger partial charge in [-0.2, -0.15) is 0 Å². The lowest BCUT2D eigenvalue weighted by Crippen LogP contribution is -2.11. The summed E-state index contributed by atoms with van der Waals surface area (Å²) in [6.07, 6.45) is 6.46. The fourth-order valence-electron chi connectivity index (χ4n) is 10.3. The Kier molecular flexibility index (Phi) is 8.59. The van der Waals surface area contributed by atoms with Crippen LogP contribution in [0.1, 0.15) is 43.6 Å². The summed E-state index contributed by atoms with van der Waals surface area (Å²) in [5.74, 6) is 0.582. The Bertz CT molecular complexity index is 3400. The summed E-state index contributed by atoms with van der Waals surface area (Å²) < 4.78 is 8.89. The molecule has 0 bridgehead atoms. The first kappa shape index (κ1) is 35.6. The Morgan fingerprint density at radius 1 is 0.443 bits per heavy atom. The maximum atomic E-state index is 6.51. The van der Waals surface area contributed by atoms with E-state index in [1.54, 1.807) is 0 Å². The van der Waals surface area contributed by atoms with E-state index in [9.17, 15) is 0 Å². The number of furan rings is 1. The third-order valence-corrected chi connectivity index (χ3v) is 13.2. The zero-order valence-corrected chi connectivity index (χ0v) is 34.0. The molecule has 11 aromatic rings. The van der Waals surface area contributed by atoms with Crippen LogP contribution in [0.2, 0.25) is 0 Å². The van der Waals surface area contributed by atoms with Gasteiger partial charge in [0.25, 0.3) is 0 Å². The normalized spacial score (nSPS) is 13.5. The first-order valence-electron chi connectivity index (χ1n) is 21.8. The second kappa shape index (κ2) is 14.7. The highest BCUT2D eigenvalue weighted by molar-refractivity contribution is 6.11. The van der Waals surface area contributed by atoms with E-state index < -0.39 is 0 Å². The first-order valence-corrected chi connectivity index (χ1v) is 21.8. The summed E-state index contributed by atoms with van der Waals surface area (Å²) in [7, 11) is 0. The topological polar surface area (TPSA) is 21.3 Å².